The maximum atomic E-state index is 11.4. The van der Waals surface area contributed by atoms with Gasteiger partial charge >= 0.3 is 5.97 Å². The van der Waals surface area contributed by atoms with Gasteiger partial charge in [-0.2, -0.15) is 0 Å². The lowest BCUT2D eigenvalue weighted by molar-refractivity contribution is -0.237. The fourth-order valence-electron chi connectivity index (χ4n) is 1.31. The monoisotopic (exact) mass is 232 g/mol. The van der Waals surface area contributed by atoms with Crippen molar-refractivity contribution in [1.29, 1.82) is 0 Å². The first-order chi connectivity index (χ1) is 7.09. The number of hydrogen-bond acceptors (Lipinski definition) is 4. The lowest BCUT2D eigenvalue weighted by Gasteiger charge is -2.34. The Morgan fingerprint density at radius 3 is 1.94 bits per heavy atom. The van der Waals surface area contributed by atoms with Gasteiger partial charge in [-0.3, -0.25) is 4.79 Å². The second-order valence-electron chi connectivity index (χ2n) is 5.15. The molecule has 0 aromatic rings. The van der Waals surface area contributed by atoms with Crippen molar-refractivity contribution in [2.75, 3.05) is 0 Å². The normalized spacial score (nSPS) is 19.4. The Morgan fingerprint density at radius 2 is 1.62 bits per heavy atom. The number of carbonyl (C=O) groups excluding carboxylic acids is 1. The Bertz CT molecular complexity index is 233. The number of esters is 1. The SMILES string of the molecule is CC(C)C(=O)OC(C)(O)C(C)C(O)C(C)C. The molecule has 16 heavy (non-hydrogen) atoms. The van der Waals surface area contributed by atoms with Crippen LogP contribution in [0.3, 0.4) is 0 Å². The summed E-state index contributed by atoms with van der Waals surface area (Å²) >= 11 is 0. The quantitative estimate of drug-likeness (QED) is 0.557. The minimum atomic E-state index is -1.63. The molecule has 0 amide bonds. The molecule has 0 spiro atoms. The summed E-state index contributed by atoms with van der Waals surface area (Å²) in [6.45, 7) is 10.2. The molecule has 4 heteroatoms. The van der Waals surface area contributed by atoms with E-state index in [2.05, 4.69) is 0 Å². The lowest BCUT2D eigenvalue weighted by atomic mass is 9.88. The van der Waals surface area contributed by atoms with Gasteiger partial charge in [0.05, 0.1) is 12.0 Å². The Labute approximate surface area is 97.6 Å². The molecule has 0 aliphatic carbocycles. The van der Waals surface area contributed by atoms with E-state index in [9.17, 15) is 15.0 Å². The van der Waals surface area contributed by atoms with Crippen LogP contribution in [0.1, 0.15) is 41.5 Å². The Morgan fingerprint density at radius 1 is 1.19 bits per heavy atom. The van der Waals surface area contributed by atoms with Crippen molar-refractivity contribution in [1.82, 2.24) is 0 Å². The zero-order valence-corrected chi connectivity index (χ0v) is 11.0. The van der Waals surface area contributed by atoms with Crippen molar-refractivity contribution < 1.29 is 19.7 Å². The zero-order chi connectivity index (χ0) is 13.1. The van der Waals surface area contributed by atoms with Crippen LogP contribution in [0.2, 0.25) is 0 Å². The summed E-state index contributed by atoms with van der Waals surface area (Å²) in [5.74, 6) is -2.93. The molecule has 0 fully saturated rings. The fraction of sp³-hybridized carbons (Fsp3) is 0.917. The number of aliphatic hydroxyl groups is 2. The number of hydrogen-bond donors (Lipinski definition) is 2. The molecular weight excluding hydrogens is 208 g/mol. The molecule has 0 bridgehead atoms. The van der Waals surface area contributed by atoms with E-state index >= 15 is 0 Å². The fourth-order valence-corrected chi connectivity index (χ4v) is 1.31. The van der Waals surface area contributed by atoms with Crippen molar-refractivity contribution in [2.45, 2.75) is 53.4 Å². The maximum absolute atomic E-state index is 11.4. The van der Waals surface area contributed by atoms with E-state index in [1.165, 1.54) is 6.92 Å². The van der Waals surface area contributed by atoms with Gasteiger partial charge in [-0.05, 0) is 5.92 Å². The van der Waals surface area contributed by atoms with Crippen LogP contribution in [0.4, 0.5) is 0 Å². The predicted octanol–water partition coefficient (Wildman–Crippen LogP) is 1.55. The molecule has 0 rings (SSSR count). The molecule has 0 aromatic carbocycles. The van der Waals surface area contributed by atoms with Gasteiger partial charge in [-0.15, -0.1) is 0 Å². The molecule has 96 valence electrons. The van der Waals surface area contributed by atoms with E-state index in [0.29, 0.717) is 0 Å². The first kappa shape index (κ1) is 15.4. The van der Waals surface area contributed by atoms with Crippen molar-refractivity contribution in [2.24, 2.45) is 17.8 Å². The molecule has 3 atom stereocenters. The van der Waals surface area contributed by atoms with E-state index in [-0.39, 0.29) is 11.8 Å². The highest BCUT2D eigenvalue weighted by molar-refractivity contribution is 5.71. The van der Waals surface area contributed by atoms with Crippen LogP contribution in [0, 0.1) is 17.8 Å². The molecule has 2 N–H and O–H groups in total. The summed E-state index contributed by atoms with van der Waals surface area (Å²) in [5, 5.41) is 19.8. The highest BCUT2D eigenvalue weighted by Crippen LogP contribution is 2.26. The highest BCUT2D eigenvalue weighted by atomic mass is 16.7. The number of aliphatic hydroxyl groups excluding tert-OH is 1. The van der Waals surface area contributed by atoms with Gasteiger partial charge in [0.25, 0.3) is 0 Å². The molecule has 0 aliphatic rings. The Hall–Kier alpha value is -0.610. The van der Waals surface area contributed by atoms with Crippen LogP contribution in [0.25, 0.3) is 0 Å². The summed E-state index contributed by atoms with van der Waals surface area (Å²) in [7, 11) is 0. The van der Waals surface area contributed by atoms with Crippen LogP contribution in [0.15, 0.2) is 0 Å². The number of rotatable bonds is 5. The van der Waals surface area contributed by atoms with Gasteiger partial charge in [0.1, 0.15) is 0 Å². The molecule has 4 nitrogen and oxygen atoms in total. The average molecular weight is 232 g/mol. The van der Waals surface area contributed by atoms with Gasteiger partial charge in [0, 0.05) is 12.8 Å². The molecule has 0 saturated carbocycles. The van der Waals surface area contributed by atoms with Crippen LogP contribution >= 0.6 is 0 Å². The standard InChI is InChI=1S/C12H24O4/c1-7(2)10(13)9(5)12(6,15)16-11(14)8(3)4/h7-10,13,15H,1-6H3. The summed E-state index contributed by atoms with van der Waals surface area (Å²) < 4.78 is 4.99. The Balaban J connectivity index is 4.59. The molecule has 0 saturated heterocycles. The zero-order valence-electron chi connectivity index (χ0n) is 11.0. The summed E-state index contributed by atoms with van der Waals surface area (Å²) in [6.07, 6.45) is -0.713. The third-order valence-electron chi connectivity index (χ3n) is 2.82. The third kappa shape index (κ3) is 4.10. The molecule has 0 radical (unpaired) electrons. The van der Waals surface area contributed by atoms with Crippen molar-refractivity contribution in [3.05, 3.63) is 0 Å². The summed E-state index contributed by atoms with van der Waals surface area (Å²) in [6, 6.07) is 0. The van der Waals surface area contributed by atoms with Gasteiger partial charge < -0.3 is 14.9 Å². The highest BCUT2D eigenvalue weighted by Gasteiger charge is 2.38. The van der Waals surface area contributed by atoms with Gasteiger partial charge in [0.2, 0.25) is 5.79 Å². The Kier molecular flexibility index (Phi) is 5.42. The lowest BCUT2D eigenvalue weighted by Crippen LogP contribution is -2.46. The van der Waals surface area contributed by atoms with E-state index in [0.717, 1.165) is 0 Å². The van der Waals surface area contributed by atoms with Crippen LogP contribution < -0.4 is 0 Å². The predicted molar refractivity (Wildman–Crippen MR) is 61.6 cm³/mol. The second-order valence-corrected chi connectivity index (χ2v) is 5.15. The molecule has 3 unspecified atom stereocenters. The second kappa shape index (κ2) is 5.64. The van der Waals surface area contributed by atoms with E-state index < -0.39 is 23.8 Å². The summed E-state index contributed by atoms with van der Waals surface area (Å²) in [5.41, 5.74) is 0. The van der Waals surface area contributed by atoms with E-state index in [1.54, 1.807) is 20.8 Å². The first-order valence-corrected chi connectivity index (χ1v) is 5.72. The molecule has 0 aliphatic heterocycles. The number of carbonyl (C=O) groups is 1. The molecular formula is C12H24O4. The molecule has 0 aromatic heterocycles. The van der Waals surface area contributed by atoms with Crippen LogP contribution in [-0.4, -0.2) is 28.1 Å². The molecule has 0 heterocycles. The number of ether oxygens (including phenoxy) is 1. The minimum Gasteiger partial charge on any atom is -0.433 e. The topological polar surface area (TPSA) is 66.8 Å². The van der Waals surface area contributed by atoms with E-state index in [4.69, 9.17) is 4.74 Å². The largest absolute Gasteiger partial charge is 0.433 e. The van der Waals surface area contributed by atoms with Crippen molar-refractivity contribution in [3.8, 4) is 0 Å². The summed E-state index contributed by atoms with van der Waals surface area (Å²) in [4.78, 5) is 11.4. The minimum absolute atomic E-state index is 0.000716. The van der Waals surface area contributed by atoms with Crippen molar-refractivity contribution in [3.63, 3.8) is 0 Å². The smallest absolute Gasteiger partial charge is 0.310 e. The van der Waals surface area contributed by atoms with Crippen molar-refractivity contribution >= 4 is 5.97 Å². The van der Waals surface area contributed by atoms with Crippen LogP contribution in [0.5, 0.6) is 0 Å². The van der Waals surface area contributed by atoms with E-state index in [1.807, 2.05) is 13.8 Å². The maximum Gasteiger partial charge on any atom is 0.310 e. The third-order valence-corrected chi connectivity index (χ3v) is 2.82. The van der Waals surface area contributed by atoms with Gasteiger partial charge in [-0.1, -0.05) is 34.6 Å². The van der Waals surface area contributed by atoms with Gasteiger partial charge in [0.15, 0.2) is 0 Å². The average Bonchev–Trinajstić information content (AvgIpc) is 2.14. The van der Waals surface area contributed by atoms with Crippen LogP contribution in [-0.2, 0) is 9.53 Å². The first-order valence-electron chi connectivity index (χ1n) is 5.72. The van der Waals surface area contributed by atoms with Gasteiger partial charge in [-0.25, -0.2) is 0 Å².